The summed E-state index contributed by atoms with van der Waals surface area (Å²) in [6, 6.07) is 14.5. The van der Waals surface area contributed by atoms with E-state index < -0.39 is 6.03 Å². The average Bonchev–Trinajstić information content (AvgIpc) is 2.96. The fraction of sp³-hybridized carbons (Fsp3) is 0.150. The van der Waals surface area contributed by atoms with Gasteiger partial charge in [-0.2, -0.15) is 5.10 Å². The van der Waals surface area contributed by atoms with Gasteiger partial charge in [0.1, 0.15) is 0 Å². The van der Waals surface area contributed by atoms with E-state index in [1.165, 1.54) is 12.5 Å². The molecule has 138 valence electrons. The number of carbonyl (C=O) groups excluding carboxylic acids is 2. The van der Waals surface area contributed by atoms with Crippen molar-refractivity contribution in [1.82, 2.24) is 9.78 Å². The number of anilines is 2. The van der Waals surface area contributed by atoms with E-state index in [1.54, 1.807) is 28.9 Å². The summed E-state index contributed by atoms with van der Waals surface area (Å²) < 4.78 is 2.43. The number of halogens is 1. The molecule has 2 N–H and O–H groups in total. The lowest BCUT2D eigenvalue weighted by molar-refractivity contribution is 0.101. The molecule has 27 heavy (non-hydrogen) atoms. The fourth-order valence-corrected chi connectivity index (χ4v) is 2.94. The molecule has 3 aromatic rings. The summed E-state index contributed by atoms with van der Waals surface area (Å²) in [5.74, 6) is 0.360. The van der Waals surface area contributed by atoms with Gasteiger partial charge in [-0.25, -0.2) is 4.79 Å². The number of urea groups is 1. The number of ketones is 1. The second kappa shape index (κ2) is 8.18. The molecule has 0 aliphatic heterocycles. The van der Waals surface area contributed by atoms with Crippen molar-refractivity contribution < 1.29 is 9.59 Å². The van der Waals surface area contributed by atoms with Crippen molar-refractivity contribution in [3.8, 4) is 0 Å². The van der Waals surface area contributed by atoms with E-state index in [9.17, 15) is 9.59 Å². The number of hydrogen-bond acceptors (Lipinski definition) is 3. The van der Waals surface area contributed by atoms with E-state index >= 15 is 0 Å². The third-order valence-corrected chi connectivity index (χ3v) is 4.52. The second-order valence-corrected chi connectivity index (χ2v) is 7.08. The smallest absolute Gasteiger partial charge is 0.308 e. The van der Waals surface area contributed by atoms with Crippen LogP contribution >= 0.6 is 15.9 Å². The first-order valence-electron chi connectivity index (χ1n) is 8.38. The minimum Gasteiger partial charge on any atom is -0.308 e. The summed E-state index contributed by atoms with van der Waals surface area (Å²) in [5.41, 5.74) is 3.40. The van der Waals surface area contributed by atoms with Gasteiger partial charge in [-0.3, -0.25) is 14.8 Å². The molecule has 0 fully saturated rings. The normalized spacial score (nSPS) is 10.5. The largest absolute Gasteiger partial charge is 0.324 e. The van der Waals surface area contributed by atoms with Crippen molar-refractivity contribution in [3.05, 3.63) is 75.9 Å². The van der Waals surface area contributed by atoms with Crippen molar-refractivity contribution in [2.75, 3.05) is 10.6 Å². The van der Waals surface area contributed by atoms with Crippen LogP contribution in [0.15, 0.2) is 59.2 Å². The highest BCUT2D eigenvalue weighted by molar-refractivity contribution is 9.10. The highest BCUT2D eigenvalue weighted by Crippen LogP contribution is 2.21. The van der Waals surface area contributed by atoms with Gasteiger partial charge in [0.2, 0.25) is 0 Å². The molecule has 0 atom stereocenters. The van der Waals surface area contributed by atoms with E-state index in [4.69, 9.17) is 0 Å². The number of Topliss-reactive ketones (excluding diaryl/α,β-unsaturated/α-hetero) is 1. The predicted molar refractivity (Wildman–Crippen MR) is 109 cm³/mol. The van der Waals surface area contributed by atoms with Gasteiger partial charge < -0.3 is 5.32 Å². The van der Waals surface area contributed by atoms with Crippen LogP contribution in [0.5, 0.6) is 0 Å². The Kier molecular flexibility index (Phi) is 5.71. The molecule has 0 spiro atoms. The zero-order valence-corrected chi connectivity index (χ0v) is 16.6. The molecule has 3 rings (SSSR count). The van der Waals surface area contributed by atoms with E-state index in [0.717, 1.165) is 5.56 Å². The molecule has 7 heteroatoms. The summed E-state index contributed by atoms with van der Waals surface area (Å²) >= 11 is 3.42. The Bertz CT molecular complexity index is 980. The zero-order valence-electron chi connectivity index (χ0n) is 15.0. The molecule has 6 nitrogen and oxygen atoms in total. The van der Waals surface area contributed by atoms with Gasteiger partial charge in [0.05, 0.1) is 11.0 Å². The third kappa shape index (κ3) is 5.04. The van der Waals surface area contributed by atoms with Gasteiger partial charge in [-0.1, -0.05) is 42.0 Å². The van der Waals surface area contributed by atoms with Gasteiger partial charge >= 0.3 is 6.03 Å². The van der Waals surface area contributed by atoms with Crippen LogP contribution in [0, 0.1) is 6.92 Å². The molecule has 0 saturated heterocycles. The standard InChI is InChI=1S/C20H19BrN4O2/c1-13-6-8-15(9-7-13)11-25-12-18(21)19(24-25)23-20(27)22-17-5-3-4-16(10-17)14(2)26/h3-10,12H,11H2,1-2H3,(H2,22,23,24,27). The van der Waals surface area contributed by atoms with E-state index in [2.05, 4.69) is 43.8 Å². The summed E-state index contributed by atoms with van der Waals surface area (Å²) in [6.45, 7) is 4.13. The monoisotopic (exact) mass is 426 g/mol. The highest BCUT2D eigenvalue weighted by atomic mass is 79.9. The van der Waals surface area contributed by atoms with Gasteiger partial charge in [0, 0.05) is 17.4 Å². The minimum atomic E-state index is -0.433. The number of aryl methyl sites for hydroxylation is 1. The van der Waals surface area contributed by atoms with E-state index in [0.29, 0.717) is 28.1 Å². The number of benzene rings is 2. The number of aromatic nitrogens is 2. The lowest BCUT2D eigenvalue weighted by Crippen LogP contribution is -2.20. The minimum absolute atomic E-state index is 0.0587. The summed E-state index contributed by atoms with van der Waals surface area (Å²) in [5, 5.41) is 9.81. The number of nitrogens with one attached hydrogen (secondary N) is 2. The molecule has 2 aromatic carbocycles. The topological polar surface area (TPSA) is 76.0 Å². The van der Waals surface area contributed by atoms with Gasteiger partial charge in [-0.05, 0) is 47.5 Å². The predicted octanol–water partition coefficient (Wildman–Crippen LogP) is 4.85. The molecule has 0 radical (unpaired) electrons. The van der Waals surface area contributed by atoms with Crippen molar-refractivity contribution in [1.29, 1.82) is 0 Å². The molecule has 2 amide bonds. The summed E-state index contributed by atoms with van der Waals surface area (Å²) in [7, 11) is 0. The maximum absolute atomic E-state index is 12.2. The molecule has 1 heterocycles. The molecule has 0 saturated carbocycles. The maximum Gasteiger partial charge on any atom is 0.324 e. The number of amides is 2. The van der Waals surface area contributed by atoms with E-state index in [1.807, 2.05) is 25.3 Å². The fourth-order valence-electron chi connectivity index (χ4n) is 2.53. The van der Waals surface area contributed by atoms with Crippen LogP contribution in [0.3, 0.4) is 0 Å². The molecule has 1 aromatic heterocycles. The number of nitrogens with zero attached hydrogens (tertiary/aromatic N) is 2. The quantitative estimate of drug-likeness (QED) is 0.572. The highest BCUT2D eigenvalue weighted by Gasteiger charge is 2.11. The lowest BCUT2D eigenvalue weighted by atomic mass is 10.1. The SMILES string of the molecule is CC(=O)c1cccc(NC(=O)Nc2nn(Cc3ccc(C)cc3)cc2Br)c1. The first-order valence-corrected chi connectivity index (χ1v) is 9.17. The molecular formula is C20H19BrN4O2. The number of carbonyl (C=O) groups is 2. The van der Waals surface area contributed by atoms with Crippen LogP contribution in [0.4, 0.5) is 16.3 Å². The van der Waals surface area contributed by atoms with Crippen LogP contribution in [-0.2, 0) is 6.54 Å². The maximum atomic E-state index is 12.2. The van der Waals surface area contributed by atoms with E-state index in [-0.39, 0.29) is 5.78 Å². The molecule has 0 bridgehead atoms. The molecular weight excluding hydrogens is 408 g/mol. The summed E-state index contributed by atoms with van der Waals surface area (Å²) in [4.78, 5) is 23.7. The van der Waals surface area contributed by atoms with Crippen LogP contribution in [0.25, 0.3) is 0 Å². The Balaban J connectivity index is 1.66. The third-order valence-electron chi connectivity index (χ3n) is 3.94. The molecule has 0 aliphatic carbocycles. The Morgan fingerprint density at radius 3 is 2.56 bits per heavy atom. The average molecular weight is 427 g/mol. The molecule has 0 unspecified atom stereocenters. The first kappa shape index (κ1) is 18.8. The second-order valence-electron chi connectivity index (χ2n) is 6.22. The lowest BCUT2D eigenvalue weighted by Gasteiger charge is -2.07. The van der Waals surface area contributed by atoms with Crippen molar-refractivity contribution in [3.63, 3.8) is 0 Å². The van der Waals surface area contributed by atoms with Crippen LogP contribution in [0.2, 0.25) is 0 Å². The van der Waals surface area contributed by atoms with Crippen LogP contribution in [0.1, 0.15) is 28.4 Å². The Morgan fingerprint density at radius 1 is 1.11 bits per heavy atom. The van der Waals surface area contributed by atoms with Gasteiger partial charge in [-0.15, -0.1) is 0 Å². The first-order chi connectivity index (χ1) is 12.9. The Morgan fingerprint density at radius 2 is 1.85 bits per heavy atom. The van der Waals surface area contributed by atoms with Gasteiger partial charge in [0.15, 0.2) is 11.6 Å². The Hall–Kier alpha value is -2.93. The number of hydrogen-bond donors (Lipinski definition) is 2. The summed E-state index contributed by atoms with van der Waals surface area (Å²) in [6.07, 6.45) is 1.81. The number of rotatable bonds is 5. The van der Waals surface area contributed by atoms with Gasteiger partial charge in [0.25, 0.3) is 0 Å². The van der Waals surface area contributed by atoms with Crippen molar-refractivity contribution >= 4 is 39.2 Å². The van der Waals surface area contributed by atoms with Crippen LogP contribution < -0.4 is 10.6 Å². The van der Waals surface area contributed by atoms with Crippen molar-refractivity contribution in [2.45, 2.75) is 20.4 Å². The Labute approximate surface area is 165 Å². The van der Waals surface area contributed by atoms with Crippen LogP contribution in [-0.4, -0.2) is 21.6 Å². The molecule has 0 aliphatic rings. The zero-order chi connectivity index (χ0) is 19.4. The van der Waals surface area contributed by atoms with Crippen molar-refractivity contribution in [2.24, 2.45) is 0 Å².